The van der Waals surface area contributed by atoms with Gasteiger partial charge in [0.25, 0.3) is 0 Å². The van der Waals surface area contributed by atoms with Crippen molar-refractivity contribution in [3.05, 3.63) is 56.7 Å². The molecule has 0 aliphatic heterocycles. The summed E-state index contributed by atoms with van der Waals surface area (Å²) >= 11 is 6.47. The SMILES string of the molecule is CC.COC(=O)c1c(F)cc(Br)cc1Oc1ccc(Br)cc1. The van der Waals surface area contributed by atoms with E-state index in [0.717, 1.165) is 4.47 Å². The van der Waals surface area contributed by atoms with Gasteiger partial charge in [-0.1, -0.05) is 45.7 Å². The van der Waals surface area contributed by atoms with Crippen LogP contribution in [0.4, 0.5) is 4.39 Å². The molecule has 0 spiro atoms. The smallest absolute Gasteiger partial charge is 0.344 e. The number of esters is 1. The van der Waals surface area contributed by atoms with Crippen LogP contribution in [-0.2, 0) is 4.74 Å². The molecule has 0 radical (unpaired) electrons. The van der Waals surface area contributed by atoms with Gasteiger partial charge in [0.15, 0.2) is 0 Å². The van der Waals surface area contributed by atoms with Gasteiger partial charge < -0.3 is 9.47 Å². The molecule has 0 amide bonds. The van der Waals surface area contributed by atoms with Crippen molar-refractivity contribution in [2.75, 3.05) is 7.11 Å². The van der Waals surface area contributed by atoms with E-state index in [4.69, 9.17) is 4.74 Å². The van der Waals surface area contributed by atoms with Crippen LogP contribution in [0.1, 0.15) is 24.2 Å². The van der Waals surface area contributed by atoms with Gasteiger partial charge in [-0.05, 0) is 36.4 Å². The molecule has 22 heavy (non-hydrogen) atoms. The first-order valence-corrected chi connectivity index (χ1v) is 8.10. The summed E-state index contributed by atoms with van der Waals surface area (Å²) in [5, 5.41) is 0. The number of carbonyl (C=O) groups is 1. The third-order valence-electron chi connectivity index (χ3n) is 2.45. The summed E-state index contributed by atoms with van der Waals surface area (Å²) < 4.78 is 25.4. The molecule has 2 rings (SSSR count). The Morgan fingerprint density at radius 2 is 1.64 bits per heavy atom. The summed E-state index contributed by atoms with van der Waals surface area (Å²) in [6, 6.07) is 9.65. The number of methoxy groups -OCH3 is 1. The van der Waals surface area contributed by atoms with Crippen molar-refractivity contribution in [3.8, 4) is 11.5 Å². The van der Waals surface area contributed by atoms with Crippen LogP contribution >= 0.6 is 31.9 Å². The molecule has 0 aliphatic carbocycles. The zero-order valence-corrected chi connectivity index (χ0v) is 15.5. The molecule has 2 aromatic rings. The van der Waals surface area contributed by atoms with E-state index in [1.54, 1.807) is 24.3 Å². The predicted octanol–water partition coefficient (Wildman–Crippen LogP) is 5.96. The molecule has 0 N–H and O–H groups in total. The van der Waals surface area contributed by atoms with Crippen molar-refractivity contribution < 1.29 is 18.7 Å². The van der Waals surface area contributed by atoms with Crippen LogP contribution in [0.2, 0.25) is 0 Å². The van der Waals surface area contributed by atoms with Gasteiger partial charge in [-0.3, -0.25) is 0 Å². The third-order valence-corrected chi connectivity index (χ3v) is 3.44. The minimum absolute atomic E-state index is 0.0889. The maximum Gasteiger partial charge on any atom is 0.344 e. The van der Waals surface area contributed by atoms with Crippen LogP contribution in [0.5, 0.6) is 11.5 Å². The second kappa shape index (κ2) is 8.90. The molecule has 6 heteroatoms. The standard InChI is InChI=1S/C14H9Br2FO3.C2H6/c1-19-14(18)13-11(17)6-9(16)7-12(13)20-10-4-2-8(15)3-5-10;1-2/h2-7H,1H3;1-2H3. The first-order valence-electron chi connectivity index (χ1n) is 6.52. The van der Waals surface area contributed by atoms with Gasteiger partial charge in [-0.15, -0.1) is 0 Å². The van der Waals surface area contributed by atoms with Gasteiger partial charge in [0.2, 0.25) is 0 Å². The summed E-state index contributed by atoms with van der Waals surface area (Å²) in [5.41, 5.74) is -0.237. The Bertz CT molecular complexity index is 643. The maximum absolute atomic E-state index is 13.9. The third kappa shape index (κ3) is 4.81. The minimum atomic E-state index is -0.790. The lowest BCUT2D eigenvalue weighted by molar-refractivity contribution is 0.0592. The van der Waals surface area contributed by atoms with E-state index in [1.807, 2.05) is 13.8 Å². The summed E-state index contributed by atoms with van der Waals surface area (Å²) in [4.78, 5) is 11.6. The number of benzene rings is 2. The van der Waals surface area contributed by atoms with Crippen molar-refractivity contribution in [2.24, 2.45) is 0 Å². The topological polar surface area (TPSA) is 35.5 Å². The molecule has 0 unspecified atom stereocenters. The normalized spacial score (nSPS) is 9.55. The second-order valence-corrected chi connectivity index (χ2v) is 5.64. The van der Waals surface area contributed by atoms with Crippen LogP contribution < -0.4 is 4.74 Å². The number of hydrogen-bond acceptors (Lipinski definition) is 3. The quantitative estimate of drug-likeness (QED) is 0.560. The number of halogens is 3. The molecule has 0 atom stereocenters. The molecule has 0 heterocycles. The van der Waals surface area contributed by atoms with Gasteiger partial charge in [0, 0.05) is 8.95 Å². The average molecular weight is 434 g/mol. The molecule has 3 nitrogen and oxygen atoms in total. The molecular weight excluding hydrogens is 419 g/mol. The molecule has 0 aromatic heterocycles. The fraction of sp³-hybridized carbons (Fsp3) is 0.188. The van der Waals surface area contributed by atoms with Crippen LogP contribution in [0.3, 0.4) is 0 Å². The Hall–Kier alpha value is -1.40. The Morgan fingerprint density at radius 3 is 2.18 bits per heavy atom. The number of rotatable bonds is 3. The van der Waals surface area contributed by atoms with Gasteiger partial charge in [-0.2, -0.15) is 0 Å². The fourth-order valence-electron chi connectivity index (χ4n) is 1.56. The van der Waals surface area contributed by atoms with E-state index in [-0.39, 0.29) is 11.3 Å². The lowest BCUT2D eigenvalue weighted by atomic mass is 10.2. The zero-order chi connectivity index (χ0) is 16.7. The number of ether oxygens (including phenoxy) is 2. The van der Waals surface area contributed by atoms with E-state index < -0.39 is 11.8 Å². The van der Waals surface area contributed by atoms with Crippen LogP contribution in [-0.4, -0.2) is 13.1 Å². The molecule has 0 aliphatic rings. The van der Waals surface area contributed by atoms with Gasteiger partial charge in [0.1, 0.15) is 22.9 Å². The van der Waals surface area contributed by atoms with E-state index in [1.165, 1.54) is 19.2 Å². The van der Waals surface area contributed by atoms with Crippen molar-refractivity contribution >= 4 is 37.8 Å². The average Bonchev–Trinajstić information content (AvgIpc) is 2.50. The van der Waals surface area contributed by atoms with Crippen molar-refractivity contribution in [1.82, 2.24) is 0 Å². The van der Waals surface area contributed by atoms with E-state index in [2.05, 4.69) is 36.6 Å². The highest BCUT2D eigenvalue weighted by molar-refractivity contribution is 9.10. The van der Waals surface area contributed by atoms with Crippen LogP contribution in [0.25, 0.3) is 0 Å². The largest absolute Gasteiger partial charge is 0.465 e. The molecule has 0 bridgehead atoms. The minimum Gasteiger partial charge on any atom is -0.465 e. The molecule has 0 fully saturated rings. The summed E-state index contributed by atoms with van der Waals surface area (Å²) in [5.74, 6) is -0.928. The van der Waals surface area contributed by atoms with E-state index in [9.17, 15) is 9.18 Å². The molecule has 0 saturated carbocycles. The molecule has 2 aromatic carbocycles. The molecular formula is C16H15Br2FO3. The first-order chi connectivity index (χ1) is 10.5. The lowest BCUT2D eigenvalue weighted by Gasteiger charge is -2.11. The lowest BCUT2D eigenvalue weighted by Crippen LogP contribution is -2.07. The monoisotopic (exact) mass is 432 g/mol. The van der Waals surface area contributed by atoms with Gasteiger partial charge in [0.05, 0.1) is 7.11 Å². The maximum atomic E-state index is 13.9. The van der Waals surface area contributed by atoms with Crippen molar-refractivity contribution in [2.45, 2.75) is 13.8 Å². The Kier molecular flexibility index (Phi) is 7.55. The molecule has 0 saturated heterocycles. The first kappa shape index (κ1) is 18.6. The summed E-state index contributed by atoms with van der Waals surface area (Å²) in [6.07, 6.45) is 0. The Morgan fingerprint density at radius 1 is 1.05 bits per heavy atom. The van der Waals surface area contributed by atoms with Gasteiger partial charge >= 0.3 is 5.97 Å². The highest BCUT2D eigenvalue weighted by atomic mass is 79.9. The zero-order valence-electron chi connectivity index (χ0n) is 12.3. The van der Waals surface area contributed by atoms with Crippen LogP contribution in [0, 0.1) is 5.82 Å². The van der Waals surface area contributed by atoms with E-state index >= 15 is 0 Å². The van der Waals surface area contributed by atoms with Crippen molar-refractivity contribution in [1.29, 1.82) is 0 Å². The summed E-state index contributed by atoms with van der Waals surface area (Å²) in [6.45, 7) is 4.00. The van der Waals surface area contributed by atoms with E-state index in [0.29, 0.717) is 10.2 Å². The highest BCUT2D eigenvalue weighted by Crippen LogP contribution is 2.31. The number of hydrogen-bond donors (Lipinski definition) is 0. The number of carbonyl (C=O) groups excluding carboxylic acids is 1. The van der Waals surface area contributed by atoms with Crippen LogP contribution in [0.15, 0.2) is 45.3 Å². The Labute approximate surface area is 145 Å². The second-order valence-electron chi connectivity index (χ2n) is 3.81. The van der Waals surface area contributed by atoms with Gasteiger partial charge in [-0.25, -0.2) is 9.18 Å². The van der Waals surface area contributed by atoms with Crippen molar-refractivity contribution in [3.63, 3.8) is 0 Å². The molecule has 118 valence electrons. The Balaban J connectivity index is 0.00000116. The highest BCUT2D eigenvalue weighted by Gasteiger charge is 2.20. The predicted molar refractivity (Wildman–Crippen MR) is 91.0 cm³/mol. The summed E-state index contributed by atoms with van der Waals surface area (Å²) in [7, 11) is 1.19. The fourth-order valence-corrected chi connectivity index (χ4v) is 2.23.